The van der Waals surface area contributed by atoms with Crippen molar-refractivity contribution in [1.29, 1.82) is 0 Å². The van der Waals surface area contributed by atoms with E-state index in [1.807, 2.05) is 0 Å². The smallest absolute Gasteiger partial charge is 0.121 e. The van der Waals surface area contributed by atoms with Crippen LogP contribution >= 0.6 is 0 Å². The maximum absolute atomic E-state index is 5.59. The molecule has 3 heteroatoms. The van der Waals surface area contributed by atoms with Gasteiger partial charge in [-0.2, -0.15) is 0 Å². The van der Waals surface area contributed by atoms with Crippen molar-refractivity contribution in [3.05, 3.63) is 48.7 Å². The maximum atomic E-state index is 5.59. The van der Waals surface area contributed by atoms with Crippen LogP contribution in [0.5, 0.6) is 0 Å². The van der Waals surface area contributed by atoms with Crippen LogP contribution in [0, 0.1) is 0 Å². The molecule has 1 aliphatic rings. The Hall–Kier alpha value is -0.830. The normalized spacial score (nSPS) is 28.2. The number of likely N-dealkylation sites (N-methyl/N-ethyl adjacent to an activating group) is 1. The van der Waals surface area contributed by atoms with E-state index in [0.717, 1.165) is 30.7 Å². The third-order valence-corrected chi connectivity index (χ3v) is 3.59. The van der Waals surface area contributed by atoms with Gasteiger partial charge in [-0.15, -0.1) is 0 Å². The van der Waals surface area contributed by atoms with Crippen molar-refractivity contribution < 1.29 is 21.6 Å². The number of benzene rings is 1. The number of quaternary nitrogens is 1. The lowest BCUT2D eigenvalue weighted by Gasteiger charge is -2.41. The summed E-state index contributed by atoms with van der Waals surface area (Å²) in [7, 11) is 2.24. The molecule has 1 heterocycles. The van der Waals surface area contributed by atoms with E-state index in [-0.39, 0.29) is 12.4 Å². The van der Waals surface area contributed by atoms with Gasteiger partial charge in [-0.1, -0.05) is 30.3 Å². The summed E-state index contributed by atoms with van der Waals surface area (Å²) in [6.07, 6.45) is 3.11. The van der Waals surface area contributed by atoms with Crippen molar-refractivity contribution in [1.82, 2.24) is 0 Å². The number of nitrogens with zero attached hydrogens (tertiary/aromatic N) is 1. The van der Waals surface area contributed by atoms with Gasteiger partial charge in [0.2, 0.25) is 0 Å². The minimum Gasteiger partial charge on any atom is -1.00 e. The monoisotopic (exact) mass is 253 g/mol. The average Bonchev–Trinajstić information content (AvgIpc) is 2.34. The van der Waals surface area contributed by atoms with Crippen molar-refractivity contribution in [3.63, 3.8) is 0 Å². The van der Waals surface area contributed by atoms with Crippen molar-refractivity contribution in [2.24, 2.45) is 0 Å². The fraction of sp³-hybridized carbons (Fsp3) is 0.429. The van der Waals surface area contributed by atoms with E-state index in [4.69, 9.17) is 4.74 Å². The summed E-state index contributed by atoms with van der Waals surface area (Å²) in [6.45, 7) is 6.67. The Morgan fingerprint density at radius 1 is 1.41 bits per heavy atom. The molecule has 1 fully saturated rings. The SMILES string of the molecule is C=C[N+]1(C)CCOCC1Cc1ccccc1.[Cl-]. The molecule has 0 radical (unpaired) electrons. The summed E-state index contributed by atoms with van der Waals surface area (Å²) in [5.74, 6) is 0. The summed E-state index contributed by atoms with van der Waals surface area (Å²) in [5.41, 5.74) is 1.38. The second-order valence-electron chi connectivity index (χ2n) is 4.67. The average molecular weight is 254 g/mol. The zero-order valence-corrected chi connectivity index (χ0v) is 11.1. The van der Waals surface area contributed by atoms with Gasteiger partial charge < -0.3 is 17.1 Å². The van der Waals surface area contributed by atoms with E-state index in [1.54, 1.807) is 0 Å². The Balaban J connectivity index is 0.00000144. The van der Waals surface area contributed by atoms with Crippen molar-refractivity contribution in [3.8, 4) is 0 Å². The Bertz CT molecular complexity index is 354. The number of rotatable bonds is 3. The first-order valence-electron chi connectivity index (χ1n) is 5.85. The minimum absolute atomic E-state index is 0. The molecule has 0 aromatic heterocycles. The fourth-order valence-corrected chi connectivity index (χ4v) is 2.23. The first kappa shape index (κ1) is 14.2. The van der Waals surface area contributed by atoms with Gasteiger partial charge in [0.1, 0.15) is 12.6 Å². The largest absolute Gasteiger partial charge is 1.00 e. The van der Waals surface area contributed by atoms with Crippen LogP contribution in [0.1, 0.15) is 5.56 Å². The second kappa shape index (κ2) is 6.20. The standard InChI is InChI=1S/C14H20NO.ClH/c1-3-15(2)9-10-16-12-14(15)11-13-7-5-4-6-8-13;/h3-8,14H,1,9-12H2,2H3;1H/q+1;/p-1. The van der Waals surface area contributed by atoms with Crippen LogP contribution in [-0.4, -0.2) is 37.3 Å². The third kappa shape index (κ3) is 3.32. The van der Waals surface area contributed by atoms with Crippen molar-refractivity contribution in [2.75, 3.05) is 26.8 Å². The molecular weight excluding hydrogens is 234 g/mol. The summed E-state index contributed by atoms with van der Waals surface area (Å²) < 4.78 is 6.50. The molecule has 2 rings (SSSR count). The van der Waals surface area contributed by atoms with Crippen molar-refractivity contribution in [2.45, 2.75) is 12.5 Å². The summed E-state index contributed by atoms with van der Waals surface area (Å²) in [5, 5.41) is 0. The van der Waals surface area contributed by atoms with Crippen LogP contribution in [0.4, 0.5) is 0 Å². The molecule has 1 aromatic carbocycles. The van der Waals surface area contributed by atoms with Gasteiger partial charge in [0.15, 0.2) is 0 Å². The fourth-order valence-electron chi connectivity index (χ4n) is 2.23. The Kier molecular flexibility index (Phi) is 5.19. The lowest BCUT2D eigenvalue weighted by molar-refractivity contribution is -0.893. The molecule has 1 aliphatic heterocycles. The topological polar surface area (TPSA) is 9.23 Å². The van der Waals surface area contributed by atoms with Crippen LogP contribution in [0.2, 0.25) is 0 Å². The molecule has 2 nitrogen and oxygen atoms in total. The Labute approximate surface area is 110 Å². The van der Waals surface area contributed by atoms with Gasteiger partial charge in [0, 0.05) is 6.42 Å². The number of ether oxygens (including phenoxy) is 1. The molecule has 0 amide bonds. The molecule has 0 aliphatic carbocycles. The number of halogens is 1. The lowest BCUT2D eigenvalue weighted by atomic mass is 10.0. The van der Waals surface area contributed by atoms with Gasteiger partial charge in [-0.05, 0) is 12.1 Å². The zero-order valence-electron chi connectivity index (χ0n) is 10.3. The highest BCUT2D eigenvalue weighted by atomic mass is 35.5. The molecule has 0 bridgehead atoms. The first-order valence-corrected chi connectivity index (χ1v) is 5.85. The van der Waals surface area contributed by atoms with E-state index in [1.165, 1.54) is 5.56 Å². The van der Waals surface area contributed by atoms with Gasteiger partial charge in [0.05, 0.1) is 26.5 Å². The highest BCUT2D eigenvalue weighted by Crippen LogP contribution is 2.20. The molecule has 94 valence electrons. The molecule has 1 saturated heterocycles. The quantitative estimate of drug-likeness (QED) is 0.643. The highest BCUT2D eigenvalue weighted by Gasteiger charge is 2.33. The Morgan fingerprint density at radius 2 is 2.12 bits per heavy atom. The number of hydrogen-bond donors (Lipinski definition) is 0. The van der Waals surface area contributed by atoms with Gasteiger partial charge in [-0.3, -0.25) is 4.48 Å². The predicted molar refractivity (Wildman–Crippen MR) is 66.0 cm³/mol. The van der Waals surface area contributed by atoms with Crippen LogP contribution < -0.4 is 12.4 Å². The van der Waals surface area contributed by atoms with Crippen LogP contribution in [0.25, 0.3) is 0 Å². The molecule has 2 unspecified atom stereocenters. The molecular formula is C14H20ClNO. The second-order valence-corrected chi connectivity index (χ2v) is 4.67. The molecule has 17 heavy (non-hydrogen) atoms. The summed E-state index contributed by atoms with van der Waals surface area (Å²) in [6, 6.07) is 11.1. The first-order chi connectivity index (χ1) is 7.74. The summed E-state index contributed by atoms with van der Waals surface area (Å²) >= 11 is 0. The maximum Gasteiger partial charge on any atom is 0.121 e. The van der Waals surface area contributed by atoms with Crippen LogP contribution in [0.15, 0.2) is 43.1 Å². The van der Waals surface area contributed by atoms with Crippen LogP contribution in [0.3, 0.4) is 0 Å². The van der Waals surface area contributed by atoms with E-state index < -0.39 is 0 Å². The predicted octanol–water partition coefficient (Wildman–Crippen LogP) is -0.778. The van der Waals surface area contributed by atoms with Crippen molar-refractivity contribution >= 4 is 0 Å². The third-order valence-electron chi connectivity index (χ3n) is 3.59. The van der Waals surface area contributed by atoms with Gasteiger partial charge in [-0.25, -0.2) is 0 Å². The molecule has 0 saturated carbocycles. The Morgan fingerprint density at radius 3 is 2.76 bits per heavy atom. The minimum atomic E-state index is 0. The van der Waals surface area contributed by atoms with Crippen LogP contribution in [-0.2, 0) is 11.2 Å². The number of morpholine rings is 1. The van der Waals surface area contributed by atoms with E-state index in [2.05, 4.69) is 50.2 Å². The van der Waals surface area contributed by atoms with E-state index in [0.29, 0.717) is 6.04 Å². The van der Waals surface area contributed by atoms with Gasteiger partial charge >= 0.3 is 0 Å². The molecule has 1 aromatic rings. The molecule has 0 spiro atoms. The molecule has 2 atom stereocenters. The molecule has 0 N–H and O–H groups in total. The zero-order chi connectivity index (χ0) is 11.4. The number of hydrogen-bond acceptors (Lipinski definition) is 1. The highest BCUT2D eigenvalue weighted by molar-refractivity contribution is 5.15. The van der Waals surface area contributed by atoms with E-state index >= 15 is 0 Å². The lowest BCUT2D eigenvalue weighted by Crippen LogP contribution is -3.00. The van der Waals surface area contributed by atoms with Gasteiger partial charge in [0.25, 0.3) is 0 Å². The summed E-state index contributed by atoms with van der Waals surface area (Å²) in [4.78, 5) is 0. The van der Waals surface area contributed by atoms with E-state index in [9.17, 15) is 0 Å².